The lowest BCUT2D eigenvalue weighted by molar-refractivity contribution is -0.192. The minimum atomic E-state index is -5.08. The van der Waals surface area contributed by atoms with E-state index in [1.807, 2.05) is 6.07 Å². The van der Waals surface area contributed by atoms with Gasteiger partial charge in [-0.25, -0.2) is 9.78 Å². The molecule has 0 atom stereocenters. The lowest BCUT2D eigenvalue weighted by atomic mass is 10.3. The van der Waals surface area contributed by atoms with Crippen LogP contribution in [0.25, 0.3) is 0 Å². The second-order valence-electron chi connectivity index (χ2n) is 4.44. The second-order valence-corrected chi connectivity index (χ2v) is 4.44. The number of carboxylic acid groups (broad SMARTS) is 1. The van der Waals surface area contributed by atoms with Crippen molar-refractivity contribution in [2.45, 2.75) is 19.6 Å². The normalized spacial score (nSPS) is 10.1. The van der Waals surface area contributed by atoms with E-state index in [2.05, 4.69) is 21.8 Å². The molecule has 0 saturated carbocycles. The number of nitrogens with one attached hydrogen (secondary N) is 1. The number of H-pyrrole nitrogens is 1. The van der Waals surface area contributed by atoms with Crippen molar-refractivity contribution in [2.24, 2.45) is 0 Å². The van der Waals surface area contributed by atoms with Gasteiger partial charge in [-0.15, -0.1) is 5.92 Å². The van der Waals surface area contributed by atoms with Crippen LogP contribution in [0.1, 0.15) is 23.2 Å². The number of aliphatic carboxylic acids is 1. The van der Waals surface area contributed by atoms with Crippen LogP contribution in [0.3, 0.4) is 0 Å². The zero-order valence-corrected chi connectivity index (χ0v) is 13.0. The molecule has 0 aliphatic carbocycles. The molecule has 0 spiro atoms. The van der Waals surface area contributed by atoms with Crippen LogP contribution in [0.2, 0.25) is 0 Å². The minimum absolute atomic E-state index is 0.147. The third-order valence-corrected chi connectivity index (χ3v) is 2.63. The van der Waals surface area contributed by atoms with Crippen molar-refractivity contribution in [3.05, 3.63) is 42.4 Å². The van der Waals surface area contributed by atoms with Crippen LogP contribution in [0, 0.1) is 11.8 Å². The van der Waals surface area contributed by atoms with Gasteiger partial charge in [0, 0.05) is 0 Å². The van der Waals surface area contributed by atoms with Crippen molar-refractivity contribution in [1.82, 2.24) is 14.9 Å². The van der Waals surface area contributed by atoms with E-state index in [1.165, 1.54) is 12.5 Å². The molecule has 0 unspecified atom stereocenters. The van der Waals surface area contributed by atoms with E-state index in [4.69, 9.17) is 14.3 Å². The topological polar surface area (TPSA) is 99.4 Å². The summed E-state index contributed by atoms with van der Waals surface area (Å²) in [6, 6.07) is 3.62. The monoisotopic (exact) mass is 357 g/mol. The van der Waals surface area contributed by atoms with Crippen LogP contribution in [-0.4, -0.2) is 44.6 Å². The summed E-state index contributed by atoms with van der Waals surface area (Å²) >= 11 is 0. The number of hydrogen-bond donors (Lipinski definition) is 2. The van der Waals surface area contributed by atoms with Gasteiger partial charge in [0.25, 0.3) is 5.91 Å². The van der Waals surface area contributed by atoms with Crippen LogP contribution in [-0.2, 0) is 11.3 Å². The standard InChI is InChI=1S/C13H13N3O2.C2HF3O2/c1-2-3-6-16(9-11-5-4-7-18-11)13(17)12-8-14-10-15-12;3-2(4,5)1(6)7/h4-5,7-8,10H,6,9H2,1H3,(H,14,15);(H,6,7). The predicted octanol–water partition coefficient (Wildman–Crippen LogP) is 2.30. The Morgan fingerprint density at radius 2 is 2.12 bits per heavy atom. The van der Waals surface area contributed by atoms with Gasteiger partial charge >= 0.3 is 12.1 Å². The van der Waals surface area contributed by atoms with Gasteiger partial charge in [0.05, 0.1) is 31.9 Å². The number of halogens is 3. The molecule has 2 heterocycles. The summed E-state index contributed by atoms with van der Waals surface area (Å²) in [4.78, 5) is 29.3. The maximum absolute atomic E-state index is 12.2. The highest BCUT2D eigenvalue weighted by Crippen LogP contribution is 2.13. The van der Waals surface area contributed by atoms with Gasteiger partial charge < -0.3 is 19.4 Å². The summed E-state index contributed by atoms with van der Waals surface area (Å²) in [5.74, 6) is 3.48. The van der Waals surface area contributed by atoms with Gasteiger partial charge in [-0.2, -0.15) is 13.2 Å². The summed E-state index contributed by atoms with van der Waals surface area (Å²) in [7, 11) is 0. The zero-order chi connectivity index (χ0) is 18.9. The number of furan rings is 1. The Bertz CT molecular complexity index is 728. The number of hydrogen-bond acceptors (Lipinski definition) is 4. The second kappa shape index (κ2) is 9.17. The van der Waals surface area contributed by atoms with Crippen molar-refractivity contribution in [2.75, 3.05) is 6.54 Å². The van der Waals surface area contributed by atoms with Gasteiger partial charge in [-0.1, -0.05) is 5.92 Å². The third-order valence-electron chi connectivity index (χ3n) is 2.63. The van der Waals surface area contributed by atoms with E-state index in [1.54, 1.807) is 24.2 Å². The van der Waals surface area contributed by atoms with Crippen molar-refractivity contribution >= 4 is 11.9 Å². The fraction of sp³-hybridized carbons (Fsp3) is 0.267. The average Bonchev–Trinajstić information content (AvgIpc) is 3.23. The van der Waals surface area contributed by atoms with Crippen molar-refractivity contribution in [1.29, 1.82) is 0 Å². The first kappa shape index (κ1) is 19.8. The number of carboxylic acids is 1. The Hall–Kier alpha value is -3.22. The third kappa shape index (κ3) is 6.82. The molecule has 10 heteroatoms. The summed E-state index contributed by atoms with van der Waals surface area (Å²) < 4.78 is 37.0. The Labute approximate surface area is 140 Å². The number of carbonyl (C=O) groups is 2. The SMILES string of the molecule is CC#CCN(Cc1ccco1)C(=O)c1cnc[nH]1.O=C(O)C(F)(F)F. The molecule has 0 saturated heterocycles. The van der Waals surface area contributed by atoms with Crippen LogP contribution in [0.15, 0.2) is 35.3 Å². The fourth-order valence-electron chi connectivity index (χ4n) is 1.51. The molecule has 7 nitrogen and oxygen atoms in total. The van der Waals surface area contributed by atoms with Gasteiger partial charge in [0.1, 0.15) is 11.5 Å². The largest absolute Gasteiger partial charge is 0.490 e. The highest BCUT2D eigenvalue weighted by molar-refractivity contribution is 5.92. The highest BCUT2D eigenvalue weighted by Gasteiger charge is 2.38. The zero-order valence-electron chi connectivity index (χ0n) is 13.0. The van der Waals surface area contributed by atoms with Gasteiger partial charge in [0.15, 0.2) is 0 Å². The number of aromatic nitrogens is 2. The highest BCUT2D eigenvalue weighted by atomic mass is 19.4. The maximum atomic E-state index is 12.2. The molecule has 2 aromatic rings. The van der Waals surface area contributed by atoms with E-state index in [0.717, 1.165) is 5.76 Å². The Morgan fingerprint density at radius 1 is 1.44 bits per heavy atom. The van der Waals surface area contributed by atoms with Crippen molar-refractivity contribution < 1.29 is 32.3 Å². The van der Waals surface area contributed by atoms with Crippen LogP contribution < -0.4 is 0 Å². The predicted molar refractivity (Wildman–Crippen MR) is 79.2 cm³/mol. The average molecular weight is 357 g/mol. The fourth-order valence-corrected chi connectivity index (χ4v) is 1.51. The molecule has 0 aromatic carbocycles. The summed E-state index contributed by atoms with van der Waals surface area (Å²) in [5.41, 5.74) is 0.444. The van der Waals surface area contributed by atoms with Gasteiger partial charge in [0.2, 0.25) is 0 Å². The molecule has 134 valence electrons. The Kier molecular flexibility index (Phi) is 7.27. The van der Waals surface area contributed by atoms with Crippen LogP contribution in [0.4, 0.5) is 13.2 Å². The van der Waals surface area contributed by atoms with E-state index >= 15 is 0 Å². The number of alkyl halides is 3. The molecule has 0 fully saturated rings. The molecule has 25 heavy (non-hydrogen) atoms. The van der Waals surface area contributed by atoms with Gasteiger partial charge in [-0.3, -0.25) is 4.79 Å². The van der Waals surface area contributed by atoms with Gasteiger partial charge in [-0.05, 0) is 19.1 Å². The number of nitrogens with zero attached hydrogens (tertiary/aromatic N) is 2. The minimum Gasteiger partial charge on any atom is -0.475 e. The number of aromatic amines is 1. The number of rotatable bonds is 4. The first-order chi connectivity index (χ1) is 11.8. The van der Waals surface area contributed by atoms with E-state index in [0.29, 0.717) is 18.8 Å². The summed E-state index contributed by atoms with van der Waals surface area (Å²) in [6.07, 6.45) is -0.527. The molecule has 2 aromatic heterocycles. The van der Waals surface area contributed by atoms with E-state index < -0.39 is 12.1 Å². The molecule has 0 bridgehead atoms. The molecular weight excluding hydrogens is 343 g/mol. The van der Waals surface area contributed by atoms with E-state index in [9.17, 15) is 18.0 Å². The van der Waals surface area contributed by atoms with Crippen molar-refractivity contribution in [3.63, 3.8) is 0 Å². The molecule has 1 amide bonds. The Balaban J connectivity index is 0.000000381. The van der Waals surface area contributed by atoms with E-state index in [-0.39, 0.29) is 5.91 Å². The number of carbonyl (C=O) groups excluding carboxylic acids is 1. The molecule has 0 aliphatic heterocycles. The molecule has 2 N–H and O–H groups in total. The lowest BCUT2D eigenvalue weighted by Gasteiger charge is -2.17. The molecule has 0 aliphatic rings. The van der Waals surface area contributed by atoms with Crippen LogP contribution in [0.5, 0.6) is 0 Å². The summed E-state index contributed by atoms with van der Waals surface area (Å²) in [6.45, 7) is 2.49. The number of imidazole rings is 1. The maximum Gasteiger partial charge on any atom is 0.490 e. The first-order valence-electron chi connectivity index (χ1n) is 6.75. The Morgan fingerprint density at radius 3 is 2.56 bits per heavy atom. The van der Waals surface area contributed by atoms with Crippen molar-refractivity contribution in [3.8, 4) is 11.8 Å². The molecular formula is C15H14F3N3O4. The molecule has 0 radical (unpaired) electrons. The number of amides is 1. The summed E-state index contributed by atoms with van der Waals surface area (Å²) in [5, 5.41) is 7.12. The lowest BCUT2D eigenvalue weighted by Crippen LogP contribution is -2.31. The molecule has 2 rings (SSSR count). The first-order valence-corrected chi connectivity index (χ1v) is 6.75. The smallest absolute Gasteiger partial charge is 0.475 e. The quantitative estimate of drug-likeness (QED) is 0.818. The van der Waals surface area contributed by atoms with Crippen LogP contribution >= 0.6 is 0 Å².